The molecule has 0 radical (unpaired) electrons. The smallest absolute Gasteiger partial charge is 0.138 e. The molecule has 1 aliphatic heterocycles. The Labute approximate surface area is 271 Å². The van der Waals surface area contributed by atoms with Crippen LogP contribution in [0.15, 0.2) is 88.8 Å². The van der Waals surface area contributed by atoms with Gasteiger partial charge in [0.25, 0.3) is 0 Å². The Kier molecular flexibility index (Phi) is 10.0. The van der Waals surface area contributed by atoms with Crippen LogP contribution in [0.4, 0.5) is 20.2 Å². The fourth-order valence-electron chi connectivity index (χ4n) is 5.95. The molecular weight excluding hydrogens is 586 g/mol. The third-order valence-corrected chi connectivity index (χ3v) is 8.41. The van der Waals surface area contributed by atoms with Crippen molar-refractivity contribution < 1.29 is 8.78 Å². The van der Waals surface area contributed by atoms with Crippen molar-refractivity contribution in [1.29, 1.82) is 0 Å². The van der Waals surface area contributed by atoms with E-state index in [1.807, 2.05) is 44.2 Å². The molecule has 1 aliphatic rings. The molecule has 0 unspecified atom stereocenters. The first-order valence-electron chi connectivity index (χ1n) is 15.6. The molecular formula is C38H41ClF2N4. The second kappa shape index (κ2) is 13.9. The van der Waals surface area contributed by atoms with Crippen molar-refractivity contribution in [3.63, 3.8) is 0 Å². The zero-order valence-corrected chi connectivity index (χ0v) is 27.7. The summed E-state index contributed by atoms with van der Waals surface area (Å²) in [5, 5.41) is 0.494. The lowest BCUT2D eigenvalue weighted by Gasteiger charge is -2.39. The van der Waals surface area contributed by atoms with Gasteiger partial charge in [0.15, 0.2) is 0 Å². The fourth-order valence-corrected chi connectivity index (χ4v) is 6.32. The van der Waals surface area contributed by atoms with Crippen molar-refractivity contribution >= 4 is 34.6 Å². The molecule has 4 nitrogen and oxygen atoms in total. The molecule has 0 bridgehead atoms. The molecule has 0 N–H and O–H groups in total. The predicted molar refractivity (Wildman–Crippen MR) is 184 cm³/mol. The Morgan fingerprint density at radius 1 is 0.689 bits per heavy atom. The molecule has 1 heterocycles. The summed E-state index contributed by atoms with van der Waals surface area (Å²) < 4.78 is 29.2. The number of aryl methyl sites for hydroxylation is 2. The van der Waals surface area contributed by atoms with Crippen LogP contribution >= 0.6 is 11.6 Å². The van der Waals surface area contributed by atoms with Crippen molar-refractivity contribution in [3.8, 4) is 0 Å². The van der Waals surface area contributed by atoms with Crippen LogP contribution in [0.2, 0.25) is 5.02 Å². The van der Waals surface area contributed by atoms with E-state index < -0.39 is 11.6 Å². The maximum Gasteiger partial charge on any atom is 0.138 e. The highest BCUT2D eigenvalue weighted by Gasteiger charge is 2.27. The van der Waals surface area contributed by atoms with Crippen LogP contribution in [0, 0.1) is 25.5 Å². The van der Waals surface area contributed by atoms with Gasteiger partial charge in [-0.3, -0.25) is 0 Å². The molecule has 4 aromatic carbocycles. The maximum absolute atomic E-state index is 14.6. The zero-order chi connectivity index (χ0) is 32.2. The van der Waals surface area contributed by atoms with Gasteiger partial charge in [0.2, 0.25) is 0 Å². The minimum absolute atomic E-state index is 0.293. The van der Waals surface area contributed by atoms with E-state index in [2.05, 4.69) is 67.8 Å². The van der Waals surface area contributed by atoms with E-state index in [4.69, 9.17) is 21.6 Å². The number of hydrogen-bond acceptors (Lipinski definition) is 2. The minimum atomic E-state index is -0.656. The van der Waals surface area contributed by atoms with E-state index in [1.54, 1.807) is 0 Å². The fraction of sp³-hybridized carbons (Fsp3) is 0.316. The highest BCUT2D eigenvalue weighted by molar-refractivity contribution is 6.33. The molecule has 0 saturated carbocycles. The SMILES string of the molecule is Cc1cc(C)c(N=C(c2cc(F)cc(F)c2)N2CCCN(C(=Nc3c(C(C)C)cccc3C(C)C)c3ccccc3)C2)c(Cl)c1. The van der Waals surface area contributed by atoms with Crippen LogP contribution < -0.4 is 0 Å². The topological polar surface area (TPSA) is 31.2 Å². The molecule has 0 aliphatic carbocycles. The van der Waals surface area contributed by atoms with E-state index in [0.717, 1.165) is 47.2 Å². The van der Waals surface area contributed by atoms with E-state index in [1.165, 1.54) is 23.3 Å². The molecule has 45 heavy (non-hydrogen) atoms. The molecule has 4 aromatic rings. The Morgan fingerprint density at radius 2 is 1.24 bits per heavy atom. The molecule has 0 spiro atoms. The molecule has 1 saturated heterocycles. The number of aliphatic imine (C=N–C) groups is 2. The highest BCUT2D eigenvalue weighted by Crippen LogP contribution is 2.36. The van der Waals surface area contributed by atoms with Crippen LogP contribution in [0.1, 0.15) is 79.3 Å². The molecule has 5 rings (SSSR count). The number of rotatable bonds is 6. The van der Waals surface area contributed by atoms with Gasteiger partial charge in [-0.2, -0.15) is 0 Å². The normalized spacial score (nSPS) is 14.6. The number of amidine groups is 2. The van der Waals surface area contributed by atoms with Crippen LogP contribution in [0.3, 0.4) is 0 Å². The molecule has 0 amide bonds. The van der Waals surface area contributed by atoms with E-state index in [0.29, 0.717) is 47.2 Å². The summed E-state index contributed by atoms with van der Waals surface area (Å²) in [4.78, 5) is 14.8. The van der Waals surface area contributed by atoms with Crippen LogP contribution in [0.25, 0.3) is 0 Å². The quantitative estimate of drug-likeness (QED) is 0.157. The maximum atomic E-state index is 14.6. The van der Waals surface area contributed by atoms with Crippen molar-refractivity contribution in [2.45, 2.75) is 59.8 Å². The van der Waals surface area contributed by atoms with Crippen molar-refractivity contribution in [3.05, 3.63) is 129 Å². The first-order chi connectivity index (χ1) is 21.5. The number of para-hydroxylation sites is 1. The lowest BCUT2D eigenvalue weighted by atomic mass is 9.93. The molecule has 234 valence electrons. The average Bonchev–Trinajstić information content (AvgIpc) is 2.99. The number of benzene rings is 4. The Balaban J connectivity index is 1.65. The first-order valence-corrected chi connectivity index (χ1v) is 16.0. The van der Waals surface area contributed by atoms with Crippen molar-refractivity contribution in [2.24, 2.45) is 9.98 Å². The largest absolute Gasteiger partial charge is 0.338 e. The molecule has 0 aromatic heterocycles. The summed E-state index contributed by atoms with van der Waals surface area (Å²) in [6, 6.07) is 24.1. The second-order valence-corrected chi connectivity index (χ2v) is 12.8. The number of hydrogen-bond donors (Lipinski definition) is 0. The number of nitrogens with zero attached hydrogens (tertiary/aromatic N) is 4. The van der Waals surface area contributed by atoms with Crippen LogP contribution in [-0.4, -0.2) is 41.2 Å². The number of halogens is 3. The Hall–Kier alpha value is -4.03. The van der Waals surface area contributed by atoms with Gasteiger partial charge in [0.05, 0.1) is 23.1 Å². The monoisotopic (exact) mass is 626 g/mol. The van der Waals surface area contributed by atoms with Gasteiger partial charge in [0, 0.05) is 30.3 Å². The zero-order valence-electron chi connectivity index (χ0n) is 26.9. The van der Waals surface area contributed by atoms with Crippen LogP contribution in [-0.2, 0) is 0 Å². The molecule has 1 fully saturated rings. The van der Waals surface area contributed by atoms with E-state index in [-0.39, 0.29) is 0 Å². The van der Waals surface area contributed by atoms with Gasteiger partial charge in [-0.25, -0.2) is 18.8 Å². The van der Waals surface area contributed by atoms with E-state index >= 15 is 0 Å². The minimum Gasteiger partial charge on any atom is -0.338 e. The summed E-state index contributed by atoms with van der Waals surface area (Å²) in [5.41, 5.74) is 7.25. The lowest BCUT2D eigenvalue weighted by molar-refractivity contribution is 0.214. The van der Waals surface area contributed by atoms with Gasteiger partial charge in [-0.1, -0.05) is 93.9 Å². The third-order valence-electron chi connectivity index (χ3n) is 8.13. The summed E-state index contributed by atoms with van der Waals surface area (Å²) in [6.07, 6.45) is 0.798. The lowest BCUT2D eigenvalue weighted by Crippen LogP contribution is -2.50. The van der Waals surface area contributed by atoms with Gasteiger partial charge < -0.3 is 9.80 Å². The summed E-state index contributed by atoms with van der Waals surface area (Å²) >= 11 is 6.69. The van der Waals surface area contributed by atoms with E-state index in [9.17, 15) is 8.78 Å². The van der Waals surface area contributed by atoms with Crippen molar-refractivity contribution in [2.75, 3.05) is 19.8 Å². The first kappa shape index (κ1) is 32.4. The van der Waals surface area contributed by atoms with Gasteiger partial charge >= 0.3 is 0 Å². The van der Waals surface area contributed by atoms with Gasteiger partial charge in [0.1, 0.15) is 23.3 Å². The van der Waals surface area contributed by atoms with Gasteiger partial charge in [-0.15, -0.1) is 0 Å². The molecule has 0 atom stereocenters. The Bertz CT molecular complexity index is 1660. The summed E-state index contributed by atoms with van der Waals surface area (Å²) in [5.74, 6) is 0.588. The summed E-state index contributed by atoms with van der Waals surface area (Å²) in [7, 11) is 0. The predicted octanol–water partition coefficient (Wildman–Crippen LogP) is 10.3. The molecule has 7 heteroatoms. The third kappa shape index (κ3) is 7.45. The average molecular weight is 627 g/mol. The van der Waals surface area contributed by atoms with Gasteiger partial charge in [-0.05, 0) is 72.6 Å². The van der Waals surface area contributed by atoms with Crippen LogP contribution in [0.5, 0.6) is 0 Å². The Morgan fingerprint density at radius 3 is 1.80 bits per heavy atom. The summed E-state index contributed by atoms with van der Waals surface area (Å²) in [6.45, 7) is 14.6. The van der Waals surface area contributed by atoms with Crippen molar-refractivity contribution in [1.82, 2.24) is 9.80 Å². The standard InChI is InChI=1S/C38H41ClF2N4/c1-24(2)32-14-10-15-33(25(3)4)36(32)43-37(28-12-8-7-9-13-28)44-16-11-17-45(23-44)38(29-20-30(40)22-31(41)21-29)42-35-27(6)18-26(5)19-34(35)39/h7-10,12-15,18-22,24-25H,11,16-17,23H2,1-6H3. The highest BCUT2D eigenvalue weighted by atomic mass is 35.5. The second-order valence-electron chi connectivity index (χ2n) is 12.4.